The highest BCUT2D eigenvalue weighted by atomic mass is 32.2. The molecule has 0 saturated heterocycles. The molecular weight excluding hydrogens is 209 g/mol. The van der Waals surface area contributed by atoms with Gasteiger partial charge in [-0.05, 0) is 49.0 Å². The fourth-order valence-corrected chi connectivity index (χ4v) is 1.97. The van der Waals surface area contributed by atoms with Crippen molar-refractivity contribution in [2.24, 2.45) is 5.73 Å². The quantitative estimate of drug-likeness (QED) is 0.756. The zero-order chi connectivity index (χ0) is 11.1. The average Bonchev–Trinajstić information content (AvgIpc) is 2.22. The van der Waals surface area contributed by atoms with Gasteiger partial charge >= 0.3 is 0 Å². The van der Waals surface area contributed by atoms with Gasteiger partial charge in [-0.3, -0.25) is 0 Å². The Kier molecular flexibility index (Phi) is 5.73. The maximum atomic E-state index is 12.6. The molecule has 0 amide bonds. The Hall–Kier alpha value is -0.540. The van der Waals surface area contributed by atoms with Gasteiger partial charge in [-0.1, -0.05) is 12.1 Å². The second-order valence-electron chi connectivity index (χ2n) is 3.73. The SMILES string of the molecule is CSCCCC(N)Cc1ccc(F)cc1. The summed E-state index contributed by atoms with van der Waals surface area (Å²) in [7, 11) is 0. The van der Waals surface area contributed by atoms with Crippen LogP contribution in [0.5, 0.6) is 0 Å². The van der Waals surface area contributed by atoms with Gasteiger partial charge in [0.2, 0.25) is 0 Å². The van der Waals surface area contributed by atoms with Crippen molar-refractivity contribution in [1.29, 1.82) is 0 Å². The molecule has 0 fully saturated rings. The minimum absolute atomic E-state index is 0.185. The van der Waals surface area contributed by atoms with E-state index in [9.17, 15) is 4.39 Å². The van der Waals surface area contributed by atoms with Crippen LogP contribution in [0, 0.1) is 5.82 Å². The number of hydrogen-bond donors (Lipinski definition) is 1. The third kappa shape index (κ3) is 5.19. The summed E-state index contributed by atoms with van der Waals surface area (Å²) < 4.78 is 12.6. The van der Waals surface area contributed by atoms with Gasteiger partial charge in [0, 0.05) is 6.04 Å². The Bertz CT molecular complexity index is 273. The van der Waals surface area contributed by atoms with Crippen LogP contribution >= 0.6 is 11.8 Å². The van der Waals surface area contributed by atoms with Gasteiger partial charge in [0.05, 0.1) is 0 Å². The number of hydrogen-bond acceptors (Lipinski definition) is 2. The highest BCUT2D eigenvalue weighted by Crippen LogP contribution is 2.09. The fourth-order valence-electron chi connectivity index (χ4n) is 1.52. The second kappa shape index (κ2) is 6.85. The lowest BCUT2D eigenvalue weighted by atomic mass is 10.0. The molecule has 3 heteroatoms. The zero-order valence-corrected chi connectivity index (χ0v) is 9.90. The minimum Gasteiger partial charge on any atom is -0.327 e. The first-order valence-electron chi connectivity index (χ1n) is 5.21. The summed E-state index contributed by atoms with van der Waals surface area (Å²) in [6, 6.07) is 6.80. The van der Waals surface area contributed by atoms with Crippen molar-refractivity contribution >= 4 is 11.8 Å². The lowest BCUT2D eigenvalue weighted by Crippen LogP contribution is -2.22. The second-order valence-corrected chi connectivity index (χ2v) is 4.71. The van der Waals surface area contributed by atoms with E-state index in [1.54, 1.807) is 0 Å². The van der Waals surface area contributed by atoms with E-state index in [4.69, 9.17) is 5.73 Å². The van der Waals surface area contributed by atoms with Gasteiger partial charge in [-0.2, -0.15) is 11.8 Å². The molecule has 1 atom stereocenters. The van der Waals surface area contributed by atoms with Crippen LogP contribution in [0.1, 0.15) is 18.4 Å². The van der Waals surface area contributed by atoms with Gasteiger partial charge in [-0.15, -0.1) is 0 Å². The molecule has 1 nitrogen and oxygen atoms in total. The standard InChI is InChI=1S/C12H18FNS/c1-15-8-2-3-12(14)9-10-4-6-11(13)7-5-10/h4-7,12H,2-3,8-9,14H2,1H3. The number of rotatable bonds is 6. The van der Waals surface area contributed by atoms with Gasteiger partial charge in [0.15, 0.2) is 0 Å². The van der Waals surface area contributed by atoms with Crippen molar-refractivity contribution in [1.82, 2.24) is 0 Å². The number of thioether (sulfide) groups is 1. The van der Waals surface area contributed by atoms with Crippen LogP contribution in [0.2, 0.25) is 0 Å². The first-order chi connectivity index (χ1) is 7.22. The Morgan fingerprint density at radius 3 is 2.60 bits per heavy atom. The summed E-state index contributed by atoms with van der Waals surface area (Å²) in [6.07, 6.45) is 5.14. The first-order valence-corrected chi connectivity index (χ1v) is 6.60. The van der Waals surface area contributed by atoms with Gasteiger partial charge in [-0.25, -0.2) is 4.39 Å². The van der Waals surface area contributed by atoms with E-state index in [0.29, 0.717) is 0 Å². The van der Waals surface area contributed by atoms with Crippen molar-refractivity contribution in [3.63, 3.8) is 0 Å². The van der Waals surface area contributed by atoms with Crippen molar-refractivity contribution < 1.29 is 4.39 Å². The van der Waals surface area contributed by atoms with Crippen LogP contribution in [-0.2, 0) is 6.42 Å². The number of halogens is 1. The predicted octanol–water partition coefficient (Wildman–Crippen LogP) is 2.84. The summed E-state index contributed by atoms with van der Waals surface area (Å²) >= 11 is 1.85. The largest absolute Gasteiger partial charge is 0.327 e. The van der Waals surface area contributed by atoms with E-state index >= 15 is 0 Å². The summed E-state index contributed by atoms with van der Waals surface area (Å²) in [4.78, 5) is 0. The van der Waals surface area contributed by atoms with Crippen molar-refractivity contribution in [3.05, 3.63) is 35.6 Å². The van der Waals surface area contributed by atoms with Crippen molar-refractivity contribution in [2.45, 2.75) is 25.3 Å². The molecule has 0 aliphatic heterocycles. The molecule has 1 unspecified atom stereocenters. The van der Waals surface area contributed by atoms with Crippen LogP contribution in [0.15, 0.2) is 24.3 Å². The van der Waals surface area contributed by atoms with Crippen molar-refractivity contribution in [2.75, 3.05) is 12.0 Å². The van der Waals surface area contributed by atoms with E-state index in [1.807, 2.05) is 23.9 Å². The van der Waals surface area contributed by atoms with E-state index in [1.165, 1.54) is 12.1 Å². The van der Waals surface area contributed by atoms with Crippen LogP contribution in [-0.4, -0.2) is 18.1 Å². The van der Waals surface area contributed by atoms with Gasteiger partial charge in [0.25, 0.3) is 0 Å². The molecule has 1 rings (SSSR count). The summed E-state index contributed by atoms with van der Waals surface area (Å²) in [5.74, 6) is 0.978. The Morgan fingerprint density at radius 1 is 1.33 bits per heavy atom. The van der Waals surface area contributed by atoms with Crippen LogP contribution in [0.25, 0.3) is 0 Å². The Morgan fingerprint density at radius 2 is 2.00 bits per heavy atom. The van der Waals surface area contributed by atoms with Gasteiger partial charge < -0.3 is 5.73 Å². The first kappa shape index (κ1) is 12.5. The molecule has 0 radical (unpaired) electrons. The highest BCUT2D eigenvalue weighted by molar-refractivity contribution is 7.98. The molecule has 84 valence electrons. The third-order valence-electron chi connectivity index (χ3n) is 2.33. The van der Waals surface area contributed by atoms with Crippen LogP contribution in [0.3, 0.4) is 0 Å². The molecule has 0 aromatic heterocycles. The third-order valence-corrected chi connectivity index (χ3v) is 3.03. The molecule has 1 aromatic rings. The normalized spacial score (nSPS) is 12.7. The van der Waals surface area contributed by atoms with E-state index in [0.717, 1.165) is 30.6 Å². The lowest BCUT2D eigenvalue weighted by molar-refractivity contribution is 0.599. The zero-order valence-electron chi connectivity index (χ0n) is 9.08. The maximum absolute atomic E-state index is 12.6. The molecule has 1 aromatic carbocycles. The molecule has 2 N–H and O–H groups in total. The molecule has 0 bridgehead atoms. The molecule has 15 heavy (non-hydrogen) atoms. The predicted molar refractivity (Wildman–Crippen MR) is 65.7 cm³/mol. The lowest BCUT2D eigenvalue weighted by Gasteiger charge is -2.10. The summed E-state index contributed by atoms with van der Waals surface area (Å²) in [5.41, 5.74) is 7.10. The number of nitrogens with two attached hydrogens (primary N) is 1. The van der Waals surface area contributed by atoms with E-state index < -0.39 is 0 Å². The maximum Gasteiger partial charge on any atom is 0.123 e. The molecule has 0 heterocycles. The topological polar surface area (TPSA) is 26.0 Å². The molecular formula is C12H18FNS. The summed E-state index contributed by atoms with van der Waals surface area (Å²) in [5, 5.41) is 0. The smallest absolute Gasteiger partial charge is 0.123 e. The Labute approximate surface area is 95.2 Å². The van der Waals surface area contributed by atoms with Crippen molar-refractivity contribution in [3.8, 4) is 0 Å². The highest BCUT2D eigenvalue weighted by Gasteiger charge is 2.03. The van der Waals surface area contributed by atoms with Crippen LogP contribution < -0.4 is 5.73 Å². The minimum atomic E-state index is -0.185. The summed E-state index contributed by atoms with van der Waals surface area (Å²) in [6.45, 7) is 0. The monoisotopic (exact) mass is 227 g/mol. The molecule has 0 aliphatic carbocycles. The van der Waals surface area contributed by atoms with Crippen LogP contribution in [0.4, 0.5) is 4.39 Å². The fraction of sp³-hybridized carbons (Fsp3) is 0.500. The Balaban J connectivity index is 2.31. The van der Waals surface area contributed by atoms with Gasteiger partial charge in [0.1, 0.15) is 5.82 Å². The average molecular weight is 227 g/mol. The molecule has 0 aliphatic rings. The number of benzene rings is 1. The van der Waals surface area contributed by atoms with E-state index in [2.05, 4.69) is 6.26 Å². The molecule has 0 saturated carbocycles. The molecule has 0 spiro atoms. The van der Waals surface area contributed by atoms with E-state index in [-0.39, 0.29) is 11.9 Å².